The first-order valence-electron chi connectivity index (χ1n) is 12.2. The Hall–Kier alpha value is -4.10. The van der Waals surface area contributed by atoms with E-state index in [9.17, 15) is 9.59 Å². The Labute approximate surface area is 210 Å². The van der Waals surface area contributed by atoms with Crippen LogP contribution in [0.2, 0.25) is 0 Å². The zero-order valence-corrected chi connectivity index (χ0v) is 20.5. The second kappa shape index (κ2) is 10.3. The Morgan fingerprint density at radius 2 is 1.75 bits per heavy atom. The number of fused-ring (bicyclic) bond motifs is 1. The summed E-state index contributed by atoms with van der Waals surface area (Å²) < 4.78 is 5.67. The summed E-state index contributed by atoms with van der Waals surface area (Å²) in [6.45, 7) is 5.17. The van der Waals surface area contributed by atoms with Crippen LogP contribution in [0.5, 0.6) is 0 Å². The fraction of sp³-hybridized carbons (Fsp3) is 0.241. The van der Waals surface area contributed by atoms with Gasteiger partial charge in [0.25, 0.3) is 5.91 Å². The number of urea groups is 1. The highest BCUT2D eigenvalue weighted by Gasteiger charge is 2.23. The van der Waals surface area contributed by atoms with Crippen LogP contribution >= 0.6 is 0 Å². The Balaban J connectivity index is 1.50. The third kappa shape index (κ3) is 5.11. The maximum Gasteiger partial charge on any atom is 0.323 e. The van der Waals surface area contributed by atoms with Crippen molar-refractivity contribution in [2.24, 2.45) is 0 Å². The summed E-state index contributed by atoms with van der Waals surface area (Å²) in [6, 6.07) is 21.0. The van der Waals surface area contributed by atoms with E-state index in [2.05, 4.69) is 20.9 Å². The first-order chi connectivity index (χ1) is 17.5. The number of anilines is 2. The fourth-order valence-corrected chi connectivity index (χ4v) is 4.64. The van der Waals surface area contributed by atoms with E-state index in [0.717, 1.165) is 47.1 Å². The predicted molar refractivity (Wildman–Crippen MR) is 144 cm³/mol. The van der Waals surface area contributed by atoms with Crippen LogP contribution in [0.4, 0.5) is 16.2 Å². The minimum absolute atomic E-state index is 0.0449. The van der Waals surface area contributed by atoms with E-state index in [1.165, 1.54) is 0 Å². The van der Waals surface area contributed by atoms with Crippen molar-refractivity contribution in [3.8, 4) is 11.1 Å². The number of hydrogen-bond acceptors (Lipinski definition) is 3. The number of ether oxygens (including phenoxy) is 1. The zero-order chi connectivity index (χ0) is 25.1. The lowest BCUT2D eigenvalue weighted by Gasteiger charge is -2.11. The number of hydrogen-bond donors (Lipinski definition) is 4. The van der Waals surface area contributed by atoms with Gasteiger partial charge in [-0.15, -0.1) is 0 Å². The lowest BCUT2D eigenvalue weighted by Crippen LogP contribution is -2.32. The fourth-order valence-electron chi connectivity index (χ4n) is 4.64. The van der Waals surface area contributed by atoms with E-state index >= 15 is 0 Å². The van der Waals surface area contributed by atoms with E-state index in [-0.39, 0.29) is 18.0 Å². The molecule has 5 rings (SSSR count). The molecule has 0 bridgehead atoms. The van der Waals surface area contributed by atoms with Gasteiger partial charge in [0.2, 0.25) is 0 Å². The van der Waals surface area contributed by atoms with Crippen LogP contribution in [0.1, 0.15) is 34.5 Å². The van der Waals surface area contributed by atoms with Crippen molar-refractivity contribution in [3.63, 3.8) is 0 Å². The number of rotatable bonds is 6. The molecule has 1 fully saturated rings. The largest absolute Gasteiger partial charge is 0.376 e. The molecule has 4 N–H and O–H groups in total. The van der Waals surface area contributed by atoms with Gasteiger partial charge in [0.15, 0.2) is 0 Å². The molecule has 1 aliphatic rings. The van der Waals surface area contributed by atoms with Gasteiger partial charge in [-0.3, -0.25) is 4.79 Å². The minimum Gasteiger partial charge on any atom is -0.376 e. The van der Waals surface area contributed by atoms with Crippen LogP contribution < -0.4 is 16.0 Å². The Morgan fingerprint density at radius 1 is 0.972 bits per heavy atom. The molecule has 0 radical (unpaired) electrons. The molecular formula is C29H30N4O3. The Bertz CT molecular complexity index is 1390. The molecule has 0 aliphatic carbocycles. The SMILES string of the molecule is Cc1ccc(NC(=O)Nc2cc(C)cc3c(-c4ccccc4)c(C(=O)NC[C@@H]4CCCO4)[nH]c23)cc1. The molecule has 1 aliphatic heterocycles. The summed E-state index contributed by atoms with van der Waals surface area (Å²) >= 11 is 0. The van der Waals surface area contributed by atoms with Gasteiger partial charge in [0, 0.05) is 29.8 Å². The van der Waals surface area contributed by atoms with E-state index in [0.29, 0.717) is 29.1 Å². The molecule has 0 spiro atoms. The molecule has 4 aromatic rings. The first-order valence-corrected chi connectivity index (χ1v) is 12.2. The molecule has 7 nitrogen and oxygen atoms in total. The average molecular weight is 483 g/mol. The molecule has 184 valence electrons. The number of amides is 3. The topological polar surface area (TPSA) is 95.2 Å². The smallest absolute Gasteiger partial charge is 0.323 e. The Morgan fingerprint density at radius 3 is 2.47 bits per heavy atom. The molecule has 0 saturated carbocycles. The number of H-pyrrole nitrogens is 1. The van der Waals surface area contributed by atoms with Gasteiger partial charge in [0.05, 0.1) is 17.3 Å². The van der Waals surface area contributed by atoms with Crippen molar-refractivity contribution in [2.45, 2.75) is 32.8 Å². The highest BCUT2D eigenvalue weighted by Crippen LogP contribution is 2.37. The number of carbonyl (C=O) groups is 2. The van der Waals surface area contributed by atoms with Gasteiger partial charge >= 0.3 is 6.03 Å². The van der Waals surface area contributed by atoms with E-state index in [4.69, 9.17) is 4.74 Å². The summed E-state index contributed by atoms with van der Waals surface area (Å²) in [6.07, 6.45) is 2.01. The van der Waals surface area contributed by atoms with E-state index in [1.54, 1.807) is 0 Å². The molecular weight excluding hydrogens is 452 g/mol. The molecule has 3 amide bonds. The molecule has 7 heteroatoms. The number of aryl methyl sites for hydroxylation is 2. The minimum atomic E-state index is -0.356. The van der Waals surface area contributed by atoms with E-state index < -0.39 is 0 Å². The van der Waals surface area contributed by atoms with Crippen LogP contribution in [-0.2, 0) is 4.74 Å². The lowest BCUT2D eigenvalue weighted by molar-refractivity contribution is 0.0855. The summed E-state index contributed by atoms with van der Waals surface area (Å²) in [4.78, 5) is 29.5. The van der Waals surface area contributed by atoms with Gasteiger partial charge in [-0.25, -0.2) is 4.79 Å². The van der Waals surface area contributed by atoms with Crippen molar-refractivity contribution in [1.82, 2.24) is 10.3 Å². The van der Waals surface area contributed by atoms with Crippen molar-refractivity contribution in [1.29, 1.82) is 0 Å². The van der Waals surface area contributed by atoms with Crippen molar-refractivity contribution < 1.29 is 14.3 Å². The summed E-state index contributed by atoms with van der Waals surface area (Å²) in [5, 5.41) is 9.73. The number of carbonyl (C=O) groups excluding carboxylic acids is 2. The lowest BCUT2D eigenvalue weighted by atomic mass is 10.00. The number of benzene rings is 3. The number of aromatic nitrogens is 1. The number of nitrogens with one attached hydrogen (secondary N) is 4. The van der Waals surface area contributed by atoms with Crippen LogP contribution in [-0.4, -0.2) is 36.2 Å². The molecule has 2 heterocycles. The molecule has 1 atom stereocenters. The third-order valence-corrected chi connectivity index (χ3v) is 6.41. The highest BCUT2D eigenvalue weighted by atomic mass is 16.5. The second-order valence-corrected chi connectivity index (χ2v) is 9.27. The number of aromatic amines is 1. The molecule has 36 heavy (non-hydrogen) atoms. The standard InChI is InChI=1S/C29H30N4O3/c1-18-10-12-21(13-11-18)31-29(35)32-24-16-19(2)15-23-25(20-7-4-3-5-8-20)27(33-26(23)24)28(34)30-17-22-9-6-14-36-22/h3-5,7-8,10-13,15-16,22,33H,6,9,14,17H2,1-2H3,(H,30,34)(H2,31,32,35)/t22-/m0/s1. The van der Waals surface area contributed by atoms with Gasteiger partial charge in [-0.05, 0) is 62.1 Å². The molecule has 1 aromatic heterocycles. The van der Waals surface area contributed by atoms with Crippen LogP contribution in [0.15, 0.2) is 66.7 Å². The summed E-state index contributed by atoms with van der Waals surface area (Å²) in [7, 11) is 0. The molecule has 0 unspecified atom stereocenters. The maximum atomic E-state index is 13.4. The maximum absolute atomic E-state index is 13.4. The summed E-state index contributed by atoms with van der Waals surface area (Å²) in [5.74, 6) is -0.201. The summed E-state index contributed by atoms with van der Waals surface area (Å²) in [5.41, 5.74) is 6.27. The monoisotopic (exact) mass is 482 g/mol. The van der Waals surface area contributed by atoms with Gasteiger partial charge in [-0.1, -0.05) is 48.0 Å². The second-order valence-electron chi connectivity index (χ2n) is 9.27. The molecule has 1 saturated heterocycles. The zero-order valence-electron chi connectivity index (χ0n) is 20.5. The highest BCUT2D eigenvalue weighted by molar-refractivity contribution is 6.14. The third-order valence-electron chi connectivity index (χ3n) is 6.41. The van der Waals surface area contributed by atoms with Crippen LogP contribution in [0.3, 0.4) is 0 Å². The quantitative estimate of drug-likeness (QED) is 0.271. The van der Waals surface area contributed by atoms with Crippen molar-refractivity contribution in [3.05, 3.63) is 83.6 Å². The van der Waals surface area contributed by atoms with Gasteiger partial charge in [-0.2, -0.15) is 0 Å². The van der Waals surface area contributed by atoms with Gasteiger partial charge < -0.3 is 25.7 Å². The van der Waals surface area contributed by atoms with Crippen molar-refractivity contribution in [2.75, 3.05) is 23.8 Å². The molecule has 3 aromatic carbocycles. The van der Waals surface area contributed by atoms with Gasteiger partial charge in [0.1, 0.15) is 5.69 Å². The van der Waals surface area contributed by atoms with Crippen LogP contribution in [0, 0.1) is 13.8 Å². The van der Waals surface area contributed by atoms with Crippen molar-refractivity contribution >= 4 is 34.2 Å². The average Bonchev–Trinajstić information content (AvgIpc) is 3.52. The first kappa shape index (κ1) is 23.6. The van der Waals surface area contributed by atoms with E-state index in [1.807, 2.05) is 80.6 Å². The Kier molecular flexibility index (Phi) is 6.73. The predicted octanol–water partition coefficient (Wildman–Crippen LogP) is 6.00. The van der Waals surface area contributed by atoms with Crippen LogP contribution in [0.25, 0.3) is 22.0 Å². The normalized spacial score (nSPS) is 15.1.